The molecule has 36 heavy (non-hydrogen) atoms. The first-order valence-corrected chi connectivity index (χ1v) is 11.8. The standard InChI is InChI=1S/C28H26N2O6/c31-26(29-20-10-12-21(13-11-20)30-14-16-33-17-15-30)19-35-28(32)27-24(18-34-22-6-2-1-3-7-22)23-8-4-5-9-25(23)36-27/h1-13H,14-19H2,(H,29,31). The molecule has 1 saturated heterocycles. The van der Waals surface area contributed by atoms with Gasteiger partial charge in [0, 0.05) is 29.9 Å². The molecule has 0 radical (unpaired) electrons. The maximum Gasteiger partial charge on any atom is 0.375 e. The summed E-state index contributed by atoms with van der Waals surface area (Å²) in [6.07, 6.45) is 0. The lowest BCUT2D eigenvalue weighted by molar-refractivity contribution is -0.119. The van der Waals surface area contributed by atoms with Crippen LogP contribution in [0.5, 0.6) is 5.75 Å². The van der Waals surface area contributed by atoms with Crippen LogP contribution in [0.1, 0.15) is 16.1 Å². The number of nitrogens with one attached hydrogen (secondary N) is 1. The summed E-state index contributed by atoms with van der Waals surface area (Å²) in [7, 11) is 0. The van der Waals surface area contributed by atoms with E-state index >= 15 is 0 Å². The topological polar surface area (TPSA) is 90.2 Å². The minimum atomic E-state index is -0.726. The molecule has 0 spiro atoms. The van der Waals surface area contributed by atoms with Crippen molar-refractivity contribution in [2.75, 3.05) is 43.1 Å². The van der Waals surface area contributed by atoms with Crippen LogP contribution in [-0.4, -0.2) is 44.8 Å². The summed E-state index contributed by atoms with van der Waals surface area (Å²) in [6.45, 7) is 2.75. The number of carbonyl (C=O) groups excluding carboxylic acids is 2. The number of hydrogen-bond acceptors (Lipinski definition) is 7. The molecular formula is C28H26N2O6. The van der Waals surface area contributed by atoms with Crippen molar-refractivity contribution in [2.45, 2.75) is 6.61 Å². The van der Waals surface area contributed by atoms with Crippen LogP contribution in [0.15, 0.2) is 83.3 Å². The molecule has 1 amide bonds. The quantitative estimate of drug-likeness (QED) is 0.363. The van der Waals surface area contributed by atoms with Gasteiger partial charge in [-0.15, -0.1) is 0 Å². The number of benzene rings is 3. The molecule has 1 N–H and O–H groups in total. The van der Waals surface area contributed by atoms with Crippen molar-refractivity contribution >= 4 is 34.2 Å². The third-order valence-corrected chi connectivity index (χ3v) is 5.87. The second kappa shape index (κ2) is 11.0. The van der Waals surface area contributed by atoms with Crippen molar-refractivity contribution in [1.29, 1.82) is 0 Å². The summed E-state index contributed by atoms with van der Waals surface area (Å²) in [5.74, 6) is -0.479. The van der Waals surface area contributed by atoms with E-state index in [9.17, 15) is 9.59 Å². The Labute approximate surface area is 208 Å². The van der Waals surface area contributed by atoms with Crippen molar-refractivity contribution < 1.29 is 28.2 Å². The van der Waals surface area contributed by atoms with Crippen LogP contribution in [-0.2, 0) is 20.9 Å². The summed E-state index contributed by atoms with van der Waals surface area (Å²) in [4.78, 5) is 27.5. The molecule has 1 aromatic heterocycles. The molecule has 184 valence electrons. The fourth-order valence-electron chi connectivity index (χ4n) is 4.05. The van der Waals surface area contributed by atoms with Gasteiger partial charge in [-0.05, 0) is 42.5 Å². The van der Waals surface area contributed by atoms with E-state index < -0.39 is 18.5 Å². The van der Waals surface area contributed by atoms with Crippen molar-refractivity contribution in [2.24, 2.45) is 0 Å². The number of anilines is 2. The molecule has 1 fully saturated rings. The van der Waals surface area contributed by atoms with E-state index in [0.29, 0.717) is 35.8 Å². The van der Waals surface area contributed by atoms with E-state index in [-0.39, 0.29) is 12.4 Å². The highest BCUT2D eigenvalue weighted by molar-refractivity contribution is 5.98. The smallest absolute Gasteiger partial charge is 0.375 e. The van der Waals surface area contributed by atoms with Gasteiger partial charge in [0.15, 0.2) is 6.61 Å². The summed E-state index contributed by atoms with van der Waals surface area (Å²) >= 11 is 0. The Bertz CT molecular complexity index is 1330. The molecule has 0 unspecified atom stereocenters. The van der Waals surface area contributed by atoms with E-state index in [1.54, 1.807) is 6.07 Å². The lowest BCUT2D eigenvalue weighted by Crippen LogP contribution is -2.36. The highest BCUT2D eigenvalue weighted by atomic mass is 16.5. The van der Waals surface area contributed by atoms with Gasteiger partial charge in [-0.25, -0.2) is 4.79 Å². The number of amides is 1. The number of para-hydroxylation sites is 2. The largest absolute Gasteiger partial charge is 0.489 e. The lowest BCUT2D eigenvalue weighted by Gasteiger charge is -2.28. The Morgan fingerprint density at radius 1 is 0.889 bits per heavy atom. The molecule has 0 aliphatic carbocycles. The van der Waals surface area contributed by atoms with Gasteiger partial charge in [-0.1, -0.05) is 36.4 Å². The summed E-state index contributed by atoms with van der Waals surface area (Å²) in [5.41, 5.74) is 2.80. The monoisotopic (exact) mass is 486 g/mol. The van der Waals surface area contributed by atoms with Crippen molar-refractivity contribution in [1.82, 2.24) is 0 Å². The minimum absolute atomic E-state index is 0.0230. The van der Waals surface area contributed by atoms with E-state index in [4.69, 9.17) is 18.6 Å². The number of hydrogen-bond donors (Lipinski definition) is 1. The predicted molar refractivity (Wildman–Crippen MR) is 135 cm³/mol. The van der Waals surface area contributed by atoms with Crippen LogP contribution in [0.3, 0.4) is 0 Å². The molecule has 8 heteroatoms. The third-order valence-electron chi connectivity index (χ3n) is 5.87. The van der Waals surface area contributed by atoms with Crippen LogP contribution in [0, 0.1) is 0 Å². The van der Waals surface area contributed by atoms with E-state index in [1.165, 1.54) is 0 Å². The number of nitrogens with zero attached hydrogens (tertiary/aromatic N) is 1. The molecule has 1 aliphatic heterocycles. The maximum absolute atomic E-state index is 12.9. The first-order chi connectivity index (χ1) is 17.7. The van der Waals surface area contributed by atoms with Gasteiger partial charge < -0.3 is 28.8 Å². The zero-order chi connectivity index (χ0) is 24.7. The van der Waals surface area contributed by atoms with Gasteiger partial charge in [-0.3, -0.25) is 4.79 Å². The molecule has 0 saturated carbocycles. The zero-order valence-corrected chi connectivity index (χ0v) is 19.6. The second-order valence-corrected chi connectivity index (χ2v) is 8.28. The van der Waals surface area contributed by atoms with E-state index in [1.807, 2.05) is 72.8 Å². The Morgan fingerprint density at radius 3 is 2.39 bits per heavy atom. The number of carbonyl (C=O) groups is 2. The van der Waals surface area contributed by atoms with E-state index in [0.717, 1.165) is 24.2 Å². The van der Waals surface area contributed by atoms with Crippen LogP contribution >= 0.6 is 0 Å². The Balaban J connectivity index is 1.21. The molecule has 3 aromatic carbocycles. The number of rotatable bonds is 8. The number of ether oxygens (including phenoxy) is 3. The average molecular weight is 487 g/mol. The van der Waals surface area contributed by atoms with Gasteiger partial charge in [0.25, 0.3) is 5.91 Å². The highest BCUT2D eigenvalue weighted by Crippen LogP contribution is 2.28. The van der Waals surface area contributed by atoms with Crippen molar-refractivity contribution in [3.8, 4) is 5.75 Å². The maximum atomic E-state index is 12.9. The second-order valence-electron chi connectivity index (χ2n) is 8.28. The van der Waals surface area contributed by atoms with Crippen molar-refractivity contribution in [3.63, 3.8) is 0 Å². The predicted octanol–water partition coefficient (Wildman–Crippen LogP) is 4.64. The first kappa shape index (κ1) is 23.4. The SMILES string of the molecule is O=C(COC(=O)c1oc2ccccc2c1COc1ccccc1)Nc1ccc(N2CCOCC2)cc1. The van der Waals surface area contributed by atoms with Crippen LogP contribution < -0.4 is 15.0 Å². The summed E-state index contributed by atoms with van der Waals surface area (Å²) in [6, 6.07) is 24.1. The van der Waals surface area contributed by atoms with Crippen LogP contribution in [0.4, 0.5) is 11.4 Å². The number of esters is 1. The summed E-state index contributed by atoms with van der Waals surface area (Å²) in [5, 5.41) is 3.51. The highest BCUT2D eigenvalue weighted by Gasteiger charge is 2.23. The van der Waals surface area contributed by atoms with Crippen LogP contribution in [0.2, 0.25) is 0 Å². The number of morpholine rings is 1. The number of fused-ring (bicyclic) bond motifs is 1. The minimum Gasteiger partial charge on any atom is -0.489 e. The number of furan rings is 1. The first-order valence-electron chi connectivity index (χ1n) is 11.8. The van der Waals surface area contributed by atoms with Gasteiger partial charge in [0.1, 0.15) is 17.9 Å². The van der Waals surface area contributed by atoms with Gasteiger partial charge >= 0.3 is 5.97 Å². The zero-order valence-electron chi connectivity index (χ0n) is 19.6. The molecule has 8 nitrogen and oxygen atoms in total. The van der Waals surface area contributed by atoms with Gasteiger partial charge in [-0.2, -0.15) is 0 Å². The Hall–Kier alpha value is -4.30. The summed E-state index contributed by atoms with van der Waals surface area (Å²) < 4.78 is 22.3. The molecule has 1 aliphatic rings. The molecular weight excluding hydrogens is 460 g/mol. The molecule has 0 bridgehead atoms. The molecule has 4 aromatic rings. The Kier molecular flexibility index (Phi) is 7.14. The normalized spacial score (nSPS) is 13.4. The molecule has 5 rings (SSSR count). The molecule has 2 heterocycles. The fraction of sp³-hybridized carbons (Fsp3) is 0.214. The Morgan fingerprint density at radius 2 is 1.61 bits per heavy atom. The van der Waals surface area contributed by atoms with Gasteiger partial charge in [0.05, 0.1) is 18.8 Å². The average Bonchev–Trinajstić information content (AvgIpc) is 3.31. The van der Waals surface area contributed by atoms with E-state index in [2.05, 4.69) is 10.2 Å². The van der Waals surface area contributed by atoms with Gasteiger partial charge in [0.2, 0.25) is 5.76 Å². The molecule has 0 atom stereocenters. The lowest BCUT2D eigenvalue weighted by atomic mass is 10.1. The fourth-order valence-corrected chi connectivity index (χ4v) is 4.05. The van der Waals surface area contributed by atoms with Crippen LogP contribution in [0.25, 0.3) is 11.0 Å². The third kappa shape index (κ3) is 5.50. The van der Waals surface area contributed by atoms with Crippen molar-refractivity contribution in [3.05, 3.63) is 90.2 Å².